The number of nitrogens with one attached hydrogen (secondary N) is 1. The molecule has 0 aliphatic rings. The van der Waals surface area contributed by atoms with E-state index in [4.69, 9.17) is 10.2 Å². The average Bonchev–Trinajstić information content (AvgIpc) is 2.38. The lowest BCUT2D eigenvalue weighted by atomic mass is 10.1. The van der Waals surface area contributed by atoms with Crippen LogP contribution in [-0.2, 0) is 4.79 Å². The Labute approximate surface area is 107 Å². The van der Waals surface area contributed by atoms with Gasteiger partial charge in [-0.15, -0.1) is 0 Å². The molecule has 1 aromatic carbocycles. The van der Waals surface area contributed by atoms with Gasteiger partial charge in [0.25, 0.3) is 11.6 Å². The number of carbonyl (C=O) groups excluding carboxylic acids is 1. The lowest BCUT2D eigenvalue weighted by molar-refractivity contribution is -0.384. The van der Waals surface area contributed by atoms with Crippen LogP contribution in [0.15, 0.2) is 24.3 Å². The highest BCUT2D eigenvalue weighted by Crippen LogP contribution is 2.12. The monoisotopic (exact) mass is 268 g/mol. The number of aliphatic hydroxyl groups is 1. The Morgan fingerprint density at radius 1 is 1.32 bits per heavy atom. The molecule has 19 heavy (non-hydrogen) atoms. The number of carboxylic acids is 1. The summed E-state index contributed by atoms with van der Waals surface area (Å²) in [5.74, 6) is -1.93. The van der Waals surface area contributed by atoms with E-state index >= 15 is 0 Å². The van der Waals surface area contributed by atoms with E-state index < -0.39 is 22.8 Å². The van der Waals surface area contributed by atoms with Crippen molar-refractivity contribution in [3.8, 4) is 0 Å². The molecule has 0 unspecified atom stereocenters. The fourth-order valence-corrected chi connectivity index (χ4v) is 1.36. The molecule has 0 fully saturated rings. The van der Waals surface area contributed by atoms with Gasteiger partial charge in [-0.25, -0.2) is 4.79 Å². The summed E-state index contributed by atoms with van der Waals surface area (Å²) in [7, 11) is 0. The van der Waals surface area contributed by atoms with Crippen molar-refractivity contribution in [3.63, 3.8) is 0 Å². The Morgan fingerprint density at radius 3 is 2.32 bits per heavy atom. The number of carbonyl (C=O) groups is 2. The first-order chi connectivity index (χ1) is 8.95. The second-order valence-electron chi connectivity index (χ2n) is 3.68. The minimum Gasteiger partial charge on any atom is -0.480 e. The van der Waals surface area contributed by atoms with Crippen molar-refractivity contribution in [1.29, 1.82) is 0 Å². The molecule has 8 nitrogen and oxygen atoms in total. The Bertz CT molecular complexity index is 484. The van der Waals surface area contributed by atoms with Crippen LogP contribution in [0.5, 0.6) is 0 Å². The molecule has 1 rings (SSSR count). The molecule has 102 valence electrons. The van der Waals surface area contributed by atoms with Crippen molar-refractivity contribution in [3.05, 3.63) is 39.9 Å². The minimum absolute atomic E-state index is 0.106. The van der Waals surface area contributed by atoms with Crippen molar-refractivity contribution in [1.82, 2.24) is 5.32 Å². The summed E-state index contributed by atoms with van der Waals surface area (Å²) < 4.78 is 0. The van der Waals surface area contributed by atoms with Gasteiger partial charge in [0.2, 0.25) is 0 Å². The zero-order valence-electron chi connectivity index (χ0n) is 9.78. The molecule has 0 aliphatic heterocycles. The Hall–Kier alpha value is -2.48. The molecular weight excluding hydrogens is 256 g/mol. The van der Waals surface area contributed by atoms with Crippen molar-refractivity contribution >= 4 is 17.6 Å². The molecule has 0 aliphatic carbocycles. The number of carboxylic acid groups (broad SMARTS) is 1. The number of aliphatic hydroxyl groups excluding tert-OH is 1. The van der Waals surface area contributed by atoms with Crippen LogP contribution >= 0.6 is 0 Å². The largest absolute Gasteiger partial charge is 0.480 e. The predicted molar refractivity (Wildman–Crippen MR) is 63.7 cm³/mol. The molecule has 1 aromatic rings. The molecule has 0 heterocycles. The topological polar surface area (TPSA) is 130 Å². The molecule has 8 heteroatoms. The van der Waals surface area contributed by atoms with E-state index in [0.717, 1.165) is 12.1 Å². The second kappa shape index (κ2) is 6.45. The van der Waals surface area contributed by atoms with Gasteiger partial charge in [0.1, 0.15) is 6.04 Å². The van der Waals surface area contributed by atoms with Gasteiger partial charge in [0, 0.05) is 30.7 Å². The number of hydrogen-bond acceptors (Lipinski definition) is 5. The number of nitro benzene ring substituents is 1. The van der Waals surface area contributed by atoms with Crippen LogP contribution in [-0.4, -0.2) is 39.7 Å². The Morgan fingerprint density at radius 2 is 1.89 bits per heavy atom. The molecule has 1 amide bonds. The Kier molecular flexibility index (Phi) is 4.95. The van der Waals surface area contributed by atoms with Gasteiger partial charge in [-0.05, 0) is 12.1 Å². The van der Waals surface area contributed by atoms with E-state index in [1.165, 1.54) is 12.1 Å². The van der Waals surface area contributed by atoms with Crippen molar-refractivity contribution in [2.75, 3.05) is 6.61 Å². The van der Waals surface area contributed by atoms with E-state index in [2.05, 4.69) is 5.32 Å². The zero-order valence-corrected chi connectivity index (χ0v) is 9.78. The van der Waals surface area contributed by atoms with Gasteiger partial charge in [-0.2, -0.15) is 0 Å². The third kappa shape index (κ3) is 4.03. The summed E-state index contributed by atoms with van der Waals surface area (Å²) in [6, 6.07) is 3.55. The number of rotatable bonds is 6. The number of non-ortho nitro benzene ring substituents is 1. The molecule has 0 saturated heterocycles. The quantitative estimate of drug-likeness (QED) is 0.497. The highest BCUT2D eigenvalue weighted by Gasteiger charge is 2.20. The second-order valence-corrected chi connectivity index (χ2v) is 3.68. The van der Waals surface area contributed by atoms with Crippen molar-refractivity contribution in [2.24, 2.45) is 0 Å². The van der Waals surface area contributed by atoms with Crippen LogP contribution in [0.2, 0.25) is 0 Å². The van der Waals surface area contributed by atoms with Crippen LogP contribution in [0.1, 0.15) is 16.8 Å². The lowest BCUT2D eigenvalue weighted by Crippen LogP contribution is -2.41. The molecule has 0 saturated carbocycles. The van der Waals surface area contributed by atoms with E-state index in [0.29, 0.717) is 0 Å². The number of hydrogen-bond donors (Lipinski definition) is 3. The maximum absolute atomic E-state index is 11.7. The average molecular weight is 268 g/mol. The first-order valence-corrected chi connectivity index (χ1v) is 5.34. The number of amides is 1. The van der Waals surface area contributed by atoms with Crippen LogP contribution in [0.3, 0.4) is 0 Å². The molecule has 0 spiro atoms. The zero-order chi connectivity index (χ0) is 14.4. The van der Waals surface area contributed by atoms with Crippen LogP contribution in [0.4, 0.5) is 5.69 Å². The smallest absolute Gasteiger partial charge is 0.326 e. The van der Waals surface area contributed by atoms with Gasteiger partial charge in [0.05, 0.1) is 4.92 Å². The number of nitro groups is 1. The van der Waals surface area contributed by atoms with Crippen LogP contribution < -0.4 is 5.32 Å². The highest BCUT2D eigenvalue weighted by molar-refractivity contribution is 5.96. The standard InChI is InChI=1S/C11H12N2O6/c14-6-5-9(11(16)17)12-10(15)7-1-3-8(4-2-7)13(18)19/h1-4,9,14H,5-6H2,(H,12,15)(H,16,17)/t9-/m0/s1. The maximum atomic E-state index is 11.7. The summed E-state index contributed by atoms with van der Waals surface area (Å²) in [5, 5.41) is 30.1. The van der Waals surface area contributed by atoms with Crippen molar-refractivity contribution < 1.29 is 24.7 Å². The van der Waals surface area contributed by atoms with Gasteiger partial charge in [-0.3, -0.25) is 14.9 Å². The fraction of sp³-hybridized carbons (Fsp3) is 0.273. The van der Waals surface area contributed by atoms with Crippen LogP contribution in [0.25, 0.3) is 0 Å². The minimum atomic E-state index is -1.26. The highest BCUT2D eigenvalue weighted by atomic mass is 16.6. The molecule has 3 N–H and O–H groups in total. The van der Waals surface area contributed by atoms with Crippen LogP contribution in [0, 0.1) is 10.1 Å². The first-order valence-electron chi connectivity index (χ1n) is 5.34. The molecular formula is C11H12N2O6. The summed E-state index contributed by atoms with van der Waals surface area (Å²) in [4.78, 5) is 32.3. The third-order valence-corrected chi connectivity index (χ3v) is 2.36. The summed E-state index contributed by atoms with van der Waals surface area (Å²) >= 11 is 0. The fourth-order valence-electron chi connectivity index (χ4n) is 1.36. The number of benzene rings is 1. The van der Waals surface area contributed by atoms with E-state index in [1.54, 1.807) is 0 Å². The van der Waals surface area contributed by atoms with Gasteiger partial charge in [0.15, 0.2) is 0 Å². The molecule has 0 aromatic heterocycles. The summed E-state index contributed by atoms with van der Waals surface area (Å²) in [5.41, 5.74) is -0.0588. The van der Waals surface area contributed by atoms with E-state index in [1.807, 2.05) is 0 Å². The molecule has 0 radical (unpaired) electrons. The lowest BCUT2D eigenvalue weighted by Gasteiger charge is -2.12. The number of nitrogens with zero attached hydrogens (tertiary/aromatic N) is 1. The molecule has 1 atom stereocenters. The van der Waals surface area contributed by atoms with E-state index in [9.17, 15) is 19.7 Å². The third-order valence-electron chi connectivity index (χ3n) is 2.36. The normalized spacial score (nSPS) is 11.6. The van der Waals surface area contributed by atoms with Gasteiger partial charge >= 0.3 is 5.97 Å². The SMILES string of the molecule is O=C(N[C@@H](CCO)C(=O)O)c1ccc([N+](=O)[O-])cc1. The maximum Gasteiger partial charge on any atom is 0.326 e. The first kappa shape index (κ1) is 14.6. The predicted octanol–water partition coefficient (Wildman–Crippen LogP) is 0.160. The molecule has 0 bridgehead atoms. The summed E-state index contributed by atoms with van der Waals surface area (Å²) in [6.45, 7) is -0.377. The number of aliphatic carboxylic acids is 1. The van der Waals surface area contributed by atoms with Crippen molar-refractivity contribution in [2.45, 2.75) is 12.5 Å². The van der Waals surface area contributed by atoms with Gasteiger partial charge in [-0.1, -0.05) is 0 Å². The Balaban J connectivity index is 2.76. The van der Waals surface area contributed by atoms with E-state index in [-0.39, 0.29) is 24.3 Å². The summed E-state index contributed by atoms with van der Waals surface area (Å²) in [6.07, 6.45) is -0.117. The van der Waals surface area contributed by atoms with Gasteiger partial charge < -0.3 is 15.5 Å².